The van der Waals surface area contributed by atoms with Gasteiger partial charge in [0.05, 0.1) is 5.56 Å². The molecular formula is C24H26O7. The van der Waals surface area contributed by atoms with E-state index in [2.05, 4.69) is 0 Å². The fraction of sp³-hybridized carbons (Fsp3) is 0.375. The van der Waals surface area contributed by atoms with Gasteiger partial charge in [-0.25, -0.2) is 14.4 Å². The third-order valence-corrected chi connectivity index (χ3v) is 5.04. The monoisotopic (exact) mass is 426 g/mol. The fourth-order valence-corrected chi connectivity index (χ4v) is 3.40. The molecule has 0 aliphatic carbocycles. The average molecular weight is 426 g/mol. The summed E-state index contributed by atoms with van der Waals surface area (Å²) in [6, 6.07) is 6.38. The van der Waals surface area contributed by atoms with Crippen LogP contribution in [0.15, 0.2) is 56.8 Å². The highest BCUT2D eigenvalue weighted by Gasteiger charge is 2.50. The van der Waals surface area contributed by atoms with Gasteiger partial charge < -0.3 is 18.6 Å². The van der Waals surface area contributed by atoms with Gasteiger partial charge in [0.2, 0.25) is 0 Å². The lowest BCUT2D eigenvalue weighted by molar-refractivity contribution is -0.185. The zero-order chi connectivity index (χ0) is 22.9. The zero-order valence-electron chi connectivity index (χ0n) is 18.5. The summed E-state index contributed by atoms with van der Waals surface area (Å²) in [5.74, 6) is -0.776. The zero-order valence-corrected chi connectivity index (χ0v) is 18.5. The molecule has 31 heavy (non-hydrogen) atoms. The Balaban J connectivity index is 2.22. The van der Waals surface area contributed by atoms with Crippen molar-refractivity contribution in [1.29, 1.82) is 0 Å². The second kappa shape index (κ2) is 8.41. The molecule has 0 bridgehead atoms. The number of carbonyl (C=O) groups is 2. The number of rotatable bonds is 4. The molecule has 7 heteroatoms. The molecule has 0 fully saturated rings. The van der Waals surface area contributed by atoms with Crippen LogP contribution in [0.2, 0.25) is 0 Å². The quantitative estimate of drug-likeness (QED) is 0.407. The topological polar surface area (TPSA) is 92.0 Å². The molecule has 0 saturated carbocycles. The molecule has 1 aromatic heterocycles. The Morgan fingerprint density at radius 2 is 1.74 bits per heavy atom. The van der Waals surface area contributed by atoms with E-state index in [1.165, 1.54) is 12.1 Å². The van der Waals surface area contributed by atoms with Gasteiger partial charge in [-0.2, -0.15) is 0 Å². The first-order chi connectivity index (χ1) is 14.5. The van der Waals surface area contributed by atoms with E-state index in [1.807, 2.05) is 0 Å². The summed E-state index contributed by atoms with van der Waals surface area (Å²) < 4.78 is 23.1. The maximum absolute atomic E-state index is 12.6. The van der Waals surface area contributed by atoms with E-state index < -0.39 is 35.4 Å². The number of carbonyl (C=O) groups excluding carboxylic acids is 2. The molecule has 0 spiro atoms. The third kappa shape index (κ3) is 4.55. The van der Waals surface area contributed by atoms with Gasteiger partial charge in [0.25, 0.3) is 0 Å². The van der Waals surface area contributed by atoms with Gasteiger partial charge in [-0.1, -0.05) is 11.6 Å². The maximum atomic E-state index is 12.6. The van der Waals surface area contributed by atoms with E-state index >= 15 is 0 Å². The molecule has 0 saturated heterocycles. The molecule has 1 aliphatic rings. The van der Waals surface area contributed by atoms with Gasteiger partial charge in [0.1, 0.15) is 16.9 Å². The summed E-state index contributed by atoms with van der Waals surface area (Å²) in [5, 5.41) is 0.625. The van der Waals surface area contributed by atoms with Crippen LogP contribution in [0.5, 0.6) is 5.75 Å². The third-order valence-electron chi connectivity index (χ3n) is 5.04. The number of hydrogen-bond donors (Lipinski definition) is 0. The summed E-state index contributed by atoms with van der Waals surface area (Å²) >= 11 is 0. The summed E-state index contributed by atoms with van der Waals surface area (Å²) in [7, 11) is 0. The first-order valence-electron chi connectivity index (χ1n) is 9.98. The second-order valence-electron chi connectivity index (χ2n) is 8.23. The van der Waals surface area contributed by atoms with Crippen LogP contribution in [-0.2, 0) is 19.1 Å². The van der Waals surface area contributed by atoms with Crippen LogP contribution in [0.25, 0.3) is 11.0 Å². The predicted octanol–water partition coefficient (Wildman–Crippen LogP) is 4.39. The maximum Gasteiger partial charge on any atom is 0.336 e. The van der Waals surface area contributed by atoms with Crippen molar-refractivity contribution in [1.82, 2.24) is 0 Å². The van der Waals surface area contributed by atoms with Gasteiger partial charge >= 0.3 is 17.6 Å². The van der Waals surface area contributed by atoms with Crippen molar-refractivity contribution in [2.45, 2.75) is 59.4 Å². The van der Waals surface area contributed by atoms with Gasteiger partial charge in [-0.05, 0) is 59.7 Å². The van der Waals surface area contributed by atoms with Crippen LogP contribution < -0.4 is 10.4 Å². The molecule has 0 radical (unpaired) electrons. The van der Waals surface area contributed by atoms with E-state index in [0.29, 0.717) is 22.3 Å². The lowest BCUT2D eigenvalue weighted by Crippen LogP contribution is -2.52. The highest BCUT2D eigenvalue weighted by molar-refractivity contribution is 5.88. The normalized spacial score (nSPS) is 19.7. The number of fused-ring (bicyclic) bond motifs is 3. The van der Waals surface area contributed by atoms with Gasteiger partial charge in [-0.3, -0.25) is 0 Å². The Morgan fingerprint density at radius 3 is 2.39 bits per heavy atom. The molecule has 1 aromatic carbocycles. The van der Waals surface area contributed by atoms with E-state index in [9.17, 15) is 14.4 Å². The molecule has 1 aliphatic heterocycles. The van der Waals surface area contributed by atoms with Crippen molar-refractivity contribution in [2.75, 3.05) is 0 Å². The Hall–Kier alpha value is -3.35. The molecule has 0 unspecified atom stereocenters. The van der Waals surface area contributed by atoms with Crippen LogP contribution in [0, 0.1) is 0 Å². The summed E-state index contributed by atoms with van der Waals surface area (Å²) in [6.07, 6.45) is 0.934. The minimum Gasteiger partial charge on any atom is -0.483 e. The Labute approximate surface area is 180 Å². The number of allylic oxidation sites excluding steroid dienone is 2. The van der Waals surface area contributed by atoms with Gasteiger partial charge in [-0.15, -0.1) is 0 Å². The number of ether oxygens (including phenoxy) is 3. The standard InChI is InChI=1S/C24H26O7/c1-7-14(4)23(27)30-22-21(29-18(26)12-13(2)3)19-16(31-24(22,5)6)10-8-15-9-11-17(25)28-20(15)19/h7-12,21-22H,1-6H3/b14-7-/t21-,22-/m0/s1. The number of esters is 2. The second-order valence-corrected chi connectivity index (χ2v) is 8.23. The van der Waals surface area contributed by atoms with Crippen LogP contribution >= 0.6 is 0 Å². The molecule has 164 valence electrons. The smallest absolute Gasteiger partial charge is 0.336 e. The van der Waals surface area contributed by atoms with Crippen molar-refractivity contribution in [3.8, 4) is 5.75 Å². The van der Waals surface area contributed by atoms with Gasteiger partial charge in [0, 0.05) is 23.1 Å². The van der Waals surface area contributed by atoms with Crippen LogP contribution in [0.1, 0.15) is 53.2 Å². The molecule has 2 heterocycles. The van der Waals surface area contributed by atoms with Crippen LogP contribution in [0.3, 0.4) is 0 Å². The minimum atomic E-state index is -1.05. The summed E-state index contributed by atoms with van der Waals surface area (Å²) in [6.45, 7) is 10.4. The van der Waals surface area contributed by atoms with E-state index in [1.54, 1.807) is 65.8 Å². The van der Waals surface area contributed by atoms with Crippen molar-refractivity contribution >= 4 is 22.9 Å². The van der Waals surface area contributed by atoms with E-state index in [4.69, 9.17) is 18.6 Å². The molecule has 0 amide bonds. The van der Waals surface area contributed by atoms with Crippen molar-refractivity contribution in [3.05, 3.63) is 63.5 Å². The average Bonchev–Trinajstić information content (AvgIpc) is 2.68. The minimum absolute atomic E-state index is 0.222. The summed E-state index contributed by atoms with van der Waals surface area (Å²) in [4.78, 5) is 37.1. The number of hydrogen-bond acceptors (Lipinski definition) is 7. The molecule has 2 aromatic rings. The van der Waals surface area contributed by atoms with Crippen molar-refractivity contribution in [2.24, 2.45) is 0 Å². The lowest BCUT2D eigenvalue weighted by Gasteiger charge is -2.43. The predicted molar refractivity (Wildman–Crippen MR) is 115 cm³/mol. The molecule has 2 atom stereocenters. The first-order valence-corrected chi connectivity index (χ1v) is 9.98. The molecule has 7 nitrogen and oxygen atoms in total. The summed E-state index contributed by atoms with van der Waals surface area (Å²) in [5.41, 5.74) is 0.133. The Bertz CT molecular complexity index is 1150. The Morgan fingerprint density at radius 1 is 1.06 bits per heavy atom. The fourth-order valence-electron chi connectivity index (χ4n) is 3.40. The lowest BCUT2D eigenvalue weighted by atomic mass is 9.87. The molecule has 0 N–H and O–H groups in total. The largest absolute Gasteiger partial charge is 0.483 e. The van der Waals surface area contributed by atoms with Crippen LogP contribution in [0.4, 0.5) is 0 Å². The molecular weight excluding hydrogens is 400 g/mol. The highest BCUT2D eigenvalue weighted by atomic mass is 16.6. The van der Waals surface area contributed by atoms with Crippen molar-refractivity contribution in [3.63, 3.8) is 0 Å². The van der Waals surface area contributed by atoms with Gasteiger partial charge in [0.15, 0.2) is 12.2 Å². The van der Waals surface area contributed by atoms with E-state index in [-0.39, 0.29) is 5.58 Å². The van der Waals surface area contributed by atoms with Crippen molar-refractivity contribution < 1.29 is 28.2 Å². The molecule has 3 rings (SSSR count). The first kappa shape index (κ1) is 22.3. The SMILES string of the molecule is C/C=C(/C)C(=O)O[C@H]1[C@@H](OC(=O)C=C(C)C)c2c(ccc3ccc(=O)oc23)OC1(C)C. The van der Waals surface area contributed by atoms with Crippen LogP contribution in [-0.4, -0.2) is 23.6 Å². The number of benzene rings is 1. The van der Waals surface area contributed by atoms with E-state index in [0.717, 1.165) is 5.57 Å². The Kier molecular flexibility index (Phi) is 6.06. The highest BCUT2D eigenvalue weighted by Crippen LogP contribution is 2.46.